The molecule has 1 aromatic carbocycles. The molecule has 0 unspecified atom stereocenters. The normalized spacial score (nSPS) is 15.5. The van der Waals surface area contributed by atoms with Gasteiger partial charge in [0, 0.05) is 7.05 Å². The van der Waals surface area contributed by atoms with E-state index in [1.807, 2.05) is 30.3 Å². The van der Waals surface area contributed by atoms with Gasteiger partial charge in [0.05, 0.1) is 12.6 Å². The van der Waals surface area contributed by atoms with Gasteiger partial charge >= 0.3 is 12.0 Å². The number of rotatable bonds is 4. The lowest BCUT2D eigenvalue weighted by Gasteiger charge is -2.23. The van der Waals surface area contributed by atoms with E-state index in [1.54, 1.807) is 7.05 Å². The molecule has 1 aromatic rings. The molecule has 1 fully saturated rings. The van der Waals surface area contributed by atoms with Gasteiger partial charge in [-0.1, -0.05) is 30.3 Å². The van der Waals surface area contributed by atoms with Crippen LogP contribution in [0.15, 0.2) is 30.3 Å². The highest BCUT2D eigenvalue weighted by molar-refractivity contribution is 5.81. The van der Waals surface area contributed by atoms with E-state index in [0.717, 1.165) is 18.4 Å². The molecule has 0 radical (unpaired) electrons. The van der Waals surface area contributed by atoms with Crippen LogP contribution >= 0.6 is 0 Å². The predicted octanol–water partition coefficient (Wildman–Crippen LogP) is 1.49. The average Bonchev–Trinajstić information content (AvgIpc) is 3.20. The highest BCUT2D eigenvalue weighted by Crippen LogP contribution is 2.45. The SMILES string of the molecule is COC(=O)CN(C)C(=O)NC1(c2ccccc2)CC1. The van der Waals surface area contributed by atoms with Crippen molar-refractivity contribution in [2.75, 3.05) is 20.7 Å². The van der Waals surface area contributed by atoms with Crippen LogP contribution in [0.4, 0.5) is 4.79 Å². The van der Waals surface area contributed by atoms with Crippen molar-refractivity contribution in [1.82, 2.24) is 10.2 Å². The topological polar surface area (TPSA) is 58.6 Å². The van der Waals surface area contributed by atoms with E-state index in [1.165, 1.54) is 12.0 Å². The second kappa shape index (κ2) is 5.30. The second-order valence-electron chi connectivity index (χ2n) is 4.81. The Morgan fingerprint density at radius 1 is 1.32 bits per heavy atom. The first-order valence-corrected chi connectivity index (χ1v) is 6.23. The molecule has 102 valence electrons. The van der Waals surface area contributed by atoms with Gasteiger partial charge in [0.1, 0.15) is 6.54 Å². The number of methoxy groups -OCH3 is 1. The molecule has 1 N–H and O–H groups in total. The zero-order valence-corrected chi connectivity index (χ0v) is 11.2. The van der Waals surface area contributed by atoms with Crippen molar-refractivity contribution in [2.24, 2.45) is 0 Å². The number of nitrogens with one attached hydrogen (secondary N) is 1. The number of likely N-dealkylation sites (N-methyl/N-ethyl adjacent to an activating group) is 1. The average molecular weight is 262 g/mol. The third-order valence-electron chi connectivity index (χ3n) is 3.36. The summed E-state index contributed by atoms with van der Waals surface area (Å²) in [5.74, 6) is -0.429. The fraction of sp³-hybridized carbons (Fsp3) is 0.429. The Kier molecular flexibility index (Phi) is 3.74. The van der Waals surface area contributed by atoms with Crippen molar-refractivity contribution < 1.29 is 14.3 Å². The van der Waals surface area contributed by atoms with Crippen molar-refractivity contribution in [3.8, 4) is 0 Å². The van der Waals surface area contributed by atoms with E-state index in [-0.39, 0.29) is 18.1 Å². The Balaban J connectivity index is 1.98. The van der Waals surface area contributed by atoms with Gasteiger partial charge in [-0.2, -0.15) is 0 Å². The molecule has 2 amide bonds. The molecule has 5 heteroatoms. The van der Waals surface area contributed by atoms with Crippen LogP contribution in [0.2, 0.25) is 0 Å². The summed E-state index contributed by atoms with van der Waals surface area (Å²) < 4.78 is 4.54. The molecule has 0 saturated heterocycles. The molecule has 0 aliphatic heterocycles. The standard InChI is InChI=1S/C14H18N2O3/c1-16(10-12(17)19-2)13(18)15-14(8-9-14)11-6-4-3-5-7-11/h3-7H,8-10H2,1-2H3,(H,15,18). The summed E-state index contributed by atoms with van der Waals surface area (Å²) in [7, 11) is 2.88. The summed E-state index contributed by atoms with van der Waals surface area (Å²) in [5, 5.41) is 2.99. The molecule has 1 saturated carbocycles. The number of benzene rings is 1. The van der Waals surface area contributed by atoms with Crippen LogP contribution in [-0.4, -0.2) is 37.6 Å². The number of nitrogens with zero attached hydrogens (tertiary/aromatic N) is 1. The van der Waals surface area contributed by atoms with Crippen molar-refractivity contribution in [3.05, 3.63) is 35.9 Å². The summed E-state index contributed by atoms with van der Waals surface area (Å²) in [4.78, 5) is 24.5. The van der Waals surface area contributed by atoms with E-state index < -0.39 is 5.97 Å². The molecule has 5 nitrogen and oxygen atoms in total. The van der Waals surface area contributed by atoms with Crippen molar-refractivity contribution in [2.45, 2.75) is 18.4 Å². The van der Waals surface area contributed by atoms with Gasteiger partial charge in [0.25, 0.3) is 0 Å². The minimum atomic E-state index is -0.429. The number of urea groups is 1. The first-order valence-electron chi connectivity index (χ1n) is 6.23. The number of esters is 1. The van der Waals surface area contributed by atoms with Crippen molar-refractivity contribution >= 4 is 12.0 Å². The lowest BCUT2D eigenvalue weighted by Crippen LogP contribution is -2.45. The second-order valence-corrected chi connectivity index (χ2v) is 4.81. The smallest absolute Gasteiger partial charge is 0.325 e. The fourth-order valence-corrected chi connectivity index (χ4v) is 2.00. The zero-order chi connectivity index (χ0) is 13.9. The number of ether oxygens (including phenoxy) is 1. The largest absolute Gasteiger partial charge is 0.468 e. The third kappa shape index (κ3) is 3.05. The predicted molar refractivity (Wildman–Crippen MR) is 70.5 cm³/mol. The van der Waals surface area contributed by atoms with Crippen LogP contribution < -0.4 is 5.32 Å². The fourth-order valence-electron chi connectivity index (χ4n) is 2.00. The molecule has 0 bridgehead atoms. The van der Waals surface area contributed by atoms with E-state index in [4.69, 9.17) is 0 Å². The summed E-state index contributed by atoms with van der Waals surface area (Å²) >= 11 is 0. The molecule has 0 heterocycles. The minimum Gasteiger partial charge on any atom is -0.468 e. The number of hydrogen-bond donors (Lipinski definition) is 1. The molecule has 19 heavy (non-hydrogen) atoms. The molecule has 1 aliphatic carbocycles. The maximum absolute atomic E-state index is 12.0. The molecular formula is C14H18N2O3. The van der Waals surface area contributed by atoms with E-state index in [0.29, 0.717) is 0 Å². The first kappa shape index (κ1) is 13.4. The molecule has 0 atom stereocenters. The number of amides is 2. The molecule has 0 aromatic heterocycles. The molecular weight excluding hydrogens is 244 g/mol. The zero-order valence-electron chi connectivity index (χ0n) is 11.2. The van der Waals surface area contributed by atoms with E-state index >= 15 is 0 Å². The lowest BCUT2D eigenvalue weighted by atomic mass is 10.1. The quantitative estimate of drug-likeness (QED) is 0.836. The van der Waals surface area contributed by atoms with Gasteiger partial charge in [-0.3, -0.25) is 4.79 Å². The van der Waals surface area contributed by atoms with E-state index in [9.17, 15) is 9.59 Å². The van der Waals surface area contributed by atoms with Crippen LogP contribution in [0, 0.1) is 0 Å². The lowest BCUT2D eigenvalue weighted by molar-refractivity contribution is -0.141. The summed E-state index contributed by atoms with van der Waals surface area (Å²) in [6.45, 7) is -0.0484. The minimum absolute atomic E-state index is 0.0484. The van der Waals surface area contributed by atoms with Crippen LogP contribution in [0.5, 0.6) is 0 Å². The van der Waals surface area contributed by atoms with Crippen LogP contribution in [0.1, 0.15) is 18.4 Å². The van der Waals surface area contributed by atoms with Gasteiger partial charge in [-0.15, -0.1) is 0 Å². The molecule has 1 aliphatic rings. The number of carbonyl (C=O) groups excluding carboxylic acids is 2. The Morgan fingerprint density at radius 3 is 2.47 bits per heavy atom. The summed E-state index contributed by atoms with van der Waals surface area (Å²) in [6.07, 6.45) is 1.85. The van der Waals surface area contributed by atoms with Gasteiger partial charge in [0.15, 0.2) is 0 Å². The maximum Gasteiger partial charge on any atom is 0.325 e. The summed E-state index contributed by atoms with van der Waals surface area (Å²) in [5.41, 5.74) is 0.845. The van der Waals surface area contributed by atoms with Crippen LogP contribution in [-0.2, 0) is 15.1 Å². The van der Waals surface area contributed by atoms with E-state index in [2.05, 4.69) is 10.1 Å². The third-order valence-corrected chi connectivity index (χ3v) is 3.36. The Morgan fingerprint density at radius 2 is 1.95 bits per heavy atom. The number of carbonyl (C=O) groups is 2. The van der Waals surface area contributed by atoms with Crippen molar-refractivity contribution in [1.29, 1.82) is 0 Å². The maximum atomic E-state index is 12.0. The Hall–Kier alpha value is -2.04. The number of hydrogen-bond acceptors (Lipinski definition) is 3. The van der Waals surface area contributed by atoms with Crippen molar-refractivity contribution in [3.63, 3.8) is 0 Å². The Labute approximate surface area is 112 Å². The van der Waals surface area contributed by atoms with Crippen LogP contribution in [0.25, 0.3) is 0 Å². The molecule has 0 spiro atoms. The first-order chi connectivity index (χ1) is 9.07. The van der Waals surface area contributed by atoms with Gasteiger partial charge in [0.2, 0.25) is 0 Å². The highest BCUT2D eigenvalue weighted by atomic mass is 16.5. The Bertz CT molecular complexity index is 469. The van der Waals surface area contributed by atoms with Gasteiger partial charge < -0.3 is 15.0 Å². The summed E-state index contributed by atoms with van der Waals surface area (Å²) in [6, 6.07) is 9.62. The monoisotopic (exact) mass is 262 g/mol. The molecule has 2 rings (SSSR count). The van der Waals surface area contributed by atoms with Gasteiger partial charge in [-0.25, -0.2) is 4.79 Å². The van der Waals surface area contributed by atoms with Gasteiger partial charge in [-0.05, 0) is 18.4 Å². The van der Waals surface area contributed by atoms with Crippen LogP contribution in [0.3, 0.4) is 0 Å². The highest BCUT2D eigenvalue weighted by Gasteiger charge is 2.46.